The second-order valence-corrected chi connectivity index (χ2v) is 9.27. The first kappa shape index (κ1) is 25.9. The van der Waals surface area contributed by atoms with E-state index in [0.29, 0.717) is 32.7 Å². The van der Waals surface area contributed by atoms with Crippen LogP contribution in [0, 0.1) is 29.2 Å². The Labute approximate surface area is 204 Å². The van der Waals surface area contributed by atoms with Gasteiger partial charge in [-0.2, -0.15) is 0 Å². The summed E-state index contributed by atoms with van der Waals surface area (Å²) in [6, 6.07) is 5.43. The van der Waals surface area contributed by atoms with Crippen molar-refractivity contribution < 1.29 is 31.8 Å². The highest BCUT2D eigenvalue weighted by atomic mass is 19.2. The van der Waals surface area contributed by atoms with E-state index < -0.39 is 29.4 Å². The minimum atomic E-state index is -1.21. The topological polar surface area (TPSA) is 27.7 Å². The van der Waals surface area contributed by atoms with E-state index in [1.54, 1.807) is 6.08 Å². The average Bonchev–Trinajstić information content (AvgIpc) is 2.88. The quantitative estimate of drug-likeness (QED) is 0.291. The second kappa shape index (κ2) is 11.7. The Morgan fingerprint density at radius 3 is 2.26 bits per heavy atom. The third-order valence-electron chi connectivity index (χ3n) is 7.02. The van der Waals surface area contributed by atoms with Crippen molar-refractivity contribution in [1.82, 2.24) is 0 Å². The normalized spacial score (nSPS) is 24.9. The van der Waals surface area contributed by atoms with E-state index in [-0.39, 0.29) is 46.8 Å². The first-order valence-corrected chi connectivity index (χ1v) is 12.3. The van der Waals surface area contributed by atoms with E-state index in [0.717, 1.165) is 19.3 Å². The second-order valence-electron chi connectivity index (χ2n) is 9.27. The van der Waals surface area contributed by atoms with Gasteiger partial charge in [0.1, 0.15) is 0 Å². The molecule has 0 spiro atoms. The molecule has 2 aliphatic rings. The monoisotopic (exact) mass is 492 g/mol. The molecule has 0 amide bonds. The number of hydrogen-bond donors (Lipinski definition) is 0. The molecule has 2 aromatic rings. The fourth-order valence-corrected chi connectivity index (χ4v) is 4.91. The van der Waals surface area contributed by atoms with Gasteiger partial charge >= 0.3 is 0 Å². The Morgan fingerprint density at radius 1 is 0.886 bits per heavy atom. The number of halogens is 4. The molecule has 4 rings (SSSR count). The maximum absolute atomic E-state index is 15.0. The molecule has 2 saturated heterocycles. The number of aryl methyl sites for hydroxylation is 1. The molecule has 190 valence electrons. The summed E-state index contributed by atoms with van der Waals surface area (Å²) in [5.74, 6) is -4.33. The SMILES string of the molecule is C=CC1CCC(c2ccc(-c3ccc(CCC4CCC(OCC)CO4)c(F)c3F)c(F)c2F)OC1. The van der Waals surface area contributed by atoms with Crippen LogP contribution < -0.4 is 0 Å². The van der Waals surface area contributed by atoms with Gasteiger partial charge in [-0.25, -0.2) is 17.6 Å². The maximum Gasteiger partial charge on any atom is 0.167 e. The molecular formula is C28H32F4O3. The van der Waals surface area contributed by atoms with Crippen molar-refractivity contribution in [2.45, 2.75) is 63.8 Å². The predicted molar refractivity (Wildman–Crippen MR) is 126 cm³/mol. The minimum absolute atomic E-state index is 0.0447. The highest BCUT2D eigenvalue weighted by Crippen LogP contribution is 2.37. The zero-order chi connectivity index (χ0) is 24.9. The van der Waals surface area contributed by atoms with Gasteiger partial charge in [0.25, 0.3) is 0 Å². The lowest BCUT2D eigenvalue weighted by molar-refractivity contribution is -0.0843. The summed E-state index contributed by atoms with van der Waals surface area (Å²) >= 11 is 0. The lowest BCUT2D eigenvalue weighted by Gasteiger charge is -2.29. The highest BCUT2D eigenvalue weighted by molar-refractivity contribution is 5.66. The van der Waals surface area contributed by atoms with Gasteiger partial charge in [0, 0.05) is 29.2 Å². The Bertz CT molecular complexity index is 1030. The molecule has 0 N–H and O–H groups in total. The van der Waals surface area contributed by atoms with Gasteiger partial charge in [0.05, 0.1) is 31.5 Å². The summed E-state index contributed by atoms with van der Waals surface area (Å²) < 4.78 is 76.7. The molecule has 2 aromatic carbocycles. The van der Waals surface area contributed by atoms with Crippen LogP contribution in [-0.4, -0.2) is 32.0 Å². The fourth-order valence-electron chi connectivity index (χ4n) is 4.91. The van der Waals surface area contributed by atoms with Crippen LogP contribution in [0.4, 0.5) is 17.6 Å². The molecule has 0 aromatic heterocycles. The van der Waals surface area contributed by atoms with Crippen molar-refractivity contribution in [1.29, 1.82) is 0 Å². The van der Waals surface area contributed by atoms with E-state index in [1.807, 2.05) is 6.92 Å². The molecule has 2 heterocycles. The van der Waals surface area contributed by atoms with Crippen molar-refractivity contribution in [3.63, 3.8) is 0 Å². The summed E-state index contributed by atoms with van der Waals surface area (Å²) in [5.41, 5.74) is -0.345. The number of rotatable bonds is 8. The van der Waals surface area contributed by atoms with Crippen LogP contribution in [0.25, 0.3) is 11.1 Å². The van der Waals surface area contributed by atoms with Gasteiger partial charge in [0.15, 0.2) is 23.3 Å². The van der Waals surface area contributed by atoms with Crippen LogP contribution >= 0.6 is 0 Å². The number of ether oxygens (including phenoxy) is 3. The molecule has 7 heteroatoms. The molecule has 2 aliphatic heterocycles. The largest absolute Gasteiger partial charge is 0.376 e. The predicted octanol–water partition coefficient (Wildman–Crippen LogP) is 7.08. The van der Waals surface area contributed by atoms with Crippen LogP contribution in [0.2, 0.25) is 0 Å². The smallest absolute Gasteiger partial charge is 0.167 e. The summed E-state index contributed by atoms with van der Waals surface area (Å²) in [6.07, 6.45) is 5.03. The highest BCUT2D eigenvalue weighted by Gasteiger charge is 2.28. The third kappa shape index (κ3) is 5.79. The molecule has 4 atom stereocenters. The van der Waals surface area contributed by atoms with Crippen molar-refractivity contribution in [2.75, 3.05) is 19.8 Å². The summed E-state index contributed by atoms with van der Waals surface area (Å²) in [5, 5.41) is 0. The van der Waals surface area contributed by atoms with E-state index in [1.165, 1.54) is 24.3 Å². The van der Waals surface area contributed by atoms with Crippen molar-refractivity contribution >= 4 is 0 Å². The van der Waals surface area contributed by atoms with Gasteiger partial charge in [-0.05, 0) is 51.0 Å². The summed E-state index contributed by atoms with van der Waals surface area (Å²) in [4.78, 5) is 0. The molecule has 0 aliphatic carbocycles. The Morgan fingerprint density at radius 2 is 1.63 bits per heavy atom. The molecule has 0 radical (unpaired) electrons. The van der Waals surface area contributed by atoms with Crippen LogP contribution in [0.3, 0.4) is 0 Å². The van der Waals surface area contributed by atoms with Gasteiger partial charge in [-0.3, -0.25) is 0 Å². The average molecular weight is 493 g/mol. The van der Waals surface area contributed by atoms with Crippen molar-refractivity contribution in [3.8, 4) is 11.1 Å². The standard InChI is InChI=1S/C28H32F4O3/c1-3-17-5-14-24(35-15-17)23-13-12-22(27(31)28(23)32)21-11-7-18(25(29)26(21)30)6-8-19-9-10-20(16-34-19)33-4-2/h3,7,11-13,17,19-20,24H,1,4-6,8-10,14-16H2,2H3. The van der Waals surface area contributed by atoms with Gasteiger partial charge in [-0.15, -0.1) is 6.58 Å². The third-order valence-corrected chi connectivity index (χ3v) is 7.02. The Hall–Kier alpha value is -2.22. The molecule has 4 unspecified atom stereocenters. The Balaban J connectivity index is 1.45. The fraction of sp³-hybridized carbons (Fsp3) is 0.500. The van der Waals surface area contributed by atoms with Crippen LogP contribution in [-0.2, 0) is 20.6 Å². The summed E-state index contributed by atoms with van der Waals surface area (Å²) in [6.45, 7) is 7.18. The minimum Gasteiger partial charge on any atom is -0.376 e. The van der Waals surface area contributed by atoms with E-state index in [9.17, 15) is 17.6 Å². The molecule has 2 fully saturated rings. The van der Waals surface area contributed by atoms with Gasteiger partial charge in [-0.1, -0.05) is 30.3 Å². The van der Waals surface area contributed by atoms with Gasteiger partial charge in [0.2, 0.25) is 0 Å². The van der Waals surface area contributed by atoms with Crippen LogP contribution in [0.1, 0.15) is 56.3 Å². The molecular weight excluding hydrogens is 460 g/mol. The van der Waals surface area contributed by atoms with E-state index in [2.05, 4.69) is 6.58 Å². The molecule has 35 heavy (non-hydrogen) atoms. The lowest BCUT2D eigenvalue weighted by atomic mass is 9.92. The van der Waals surface area contributed by atoms with E-state index >= 15 is 0 Å². The number of hydrogen-bond acceptors (Lipinski definition) is 3. The Kier molecular flexibility index (Phi) is 8.63. The molecule has 3 nitrogen and oxygen atoms in total. The van der Waals surface area contributed by atoms with Crippen LogP contribution in [0.5, 0.6) is 0 Å². The molecule has 0 saturated carbocycles. The molecule has 0 bridgehead atoms. The first-order valence-electron chi connectivity index (χ1n) is 12.3. The van der Waals surface area contributed by atoms with E-state index in [4.69, 9.17) is 14.2 Å². The summed E-state index contributed by atoms with van der Waals surface area (Å²) in [7, 11) is 0. The lowest BCUT2D eigenvalue weighted by Crippen LogP contribution is -2.31. The first-order chi connectivity index (χ1) is 16.9. The van der Waals surface area contributed by atoms with Crippen molar-refractivity contribution in [3.05, 3.63) is 71.3 Å². The van der Waals surface area contributed by atoms with Crippen molar-refractivity contribution in [2.24, 2.45) is 5.92 Å². The maximum atomic E-state index is 15.0. The van der Waals surface area contributed by atoms with Crippen LogP contribution in [0.15, 0.2) is 36.9 Å². The zero-order valence-corrected chi connectivity index (χ0v) is 20.0. The van der Waals surface area contributed by atoms with Gasteiger partial charge < -0.3 is 14.2 Å². The zero-order valence-electron chi connectivity index (χ0n) is 20.0. The number of benzene rings is 2.